The number of H-pyrrole nitrogens is 1. The smallest absolute Gasteiger partial charge is 0.247 e. The Balaban J connectivity index is 2.38. The lowest BCUT2D eigenvalue weighted by atomic mass is 10.3. The quantitative estimate of drug-likeness (QED) is 0.879. The number of nitrogens with zero attached hydrogens (tertiary/aromatic N) is 3. The van der Waals surface area contributed by atoms with E-state index in [1.807, 2.05) is 0 Å². The van der Waals surface area contributed by atoms with Gasteiger partial charge in [-0.15, -0.1) is 0 Å². The molecule has 10 heteroatoms. The number of halogens is 3. The van der Waals surface area contributed by atoms with Gasteiger partial charge < -0.3 is 0 Å². The first-order valence-corrected chi connectivity index (χ1v) is 7.94. The van der Waals surface area contributed by atoms with Crippen LogP contribution in [0.4, 0.5) is 8.78 Å². The van der Waals surface area contributed by atoms with Crippen LogP contribution in [0.25, 0.3) is 0 Å². The molecule has 0 bridgehead atoms. The number of aromatic amines is 1. The molecule has 0 aliphatic heterocycles. The van der Waals surface area contributed by atoms with Crippen molar-refractivity contribution in [3.8, 4) is 0 Å². The predicted molar refractivity (Wildman–Crippen MR) is 73.8 cm³/mol. The van der Waals surface area contributed by atoms with Gasteiger partial charge >= 0.3 is 0 Å². The third-order valence-electron chi connectivity index (χ3n) is 2.64. The molecule has 1 aromatic carbocycles. The topological polar surface area (TPSA) is 79.0 Å². The van der Waals surface area contributed by atoms with Crippen molar-refractivity contribution in [3.63, 3.8) is 0 Å². The van der Waals surface area contributed by atoms with Crippen molar-refractivity contribution in [2.45, 2.75) is 18.4 Å². The fourth-order valence-electron chi connectivity index (χ4n) is 1.68. The summed E-state index contributed by atoms with van der Waals surface area (Å²) in [4.78, 5) is 3.35. The van der Waals surface area contributed by atoms with Crippen molar-refractivity contribution in [2.24, 2.45) is 0 Å². The summed E-state index contributed by atoms with van der Waals surface area (Å²) in [5.74, 6) is -1.26. The lowest BCUT2D eigenvalue weighted by molar-refractivity contribution is 0.449. The second-order valence-corrected chi connectivity index (χ2v) is 7.13. The normalized spacial score (nSPS) is 12.1. The van der Waals surface area contributed by atoms with E-state index in [9.17, 15) is 17.2 Å². The van der Waals surface area contributed by atoms with E-state index in [0.717, 1.165) is 10.4 Å². The maximum Gasteiger partial charge on any atom is 0.247 e. The minimum Gasteiger partial charge on any atom is -0.263 e. The predicted octanol–water partition coefficient (Wildman–Crippen LogP) is 1.97. The third-order valence-corrected chi connectivity index (χ3v) is 5.41. The third kappa shape index (κ3) is 3.27. The van der Waals surface area contributed by atoms with Gasteiger partial charge in [-0.25, -0.2) is 22.2 Å². The molecule has 0 saturated carbocycles. The lowest BCUT2D eigenvalue weighted by Crippen LogP contribution is -2.28. The molecule has 0 fully saturated rings. The number of hydrogen-bond acceptors (Lipinski definition) is 4. The van der Waals surface area contributed by atoms with E-state index >= 15 is 0 Å². The van der Waals surface area contributed by atoms with Gasteiger partial charge in [-0.05, 0) is 28.9 Å². The van der Waals surface area contributed by atoms with Gasteiger partial charge in [0.25, 0.3) is 0 Å². The largest absolute Gasteiger partial charge is 0.263 e. The summed E-state index contributed by atoms with van der Waals surface area (Å²) < 4.78 is 52.3. The zero-order chi connectivity index (χ0) is 15.8. The number of hydrogen-bond donors (Lipinski definition) is 1. The Morgan fingerprint density at radius 3 is 2.57 bits per heavy atom. The molecule has 2 rings (SSSR count). The first-order valence-electron chi connectivity index (χ1n) is 5.70. The molecule has 0 saturated heterocycles. The Bertz CT molecular complexity index is 755. The highest BCUT2D eigenvalue weighted by Gasteiger charge is 2.28. The molecule has 0 amide bonds. The number of aryl methyl sites for hydroxylation is 1. The number of rotatable bonds is 4. The summed E-state index contributed by atoms with van der Waals surface area (Å²) in [6.45, 7) is 1.52. The number of aromatic nitrogens is 3. The van der Waals surface area contributed by atoms with Crippen LogP contribution in [0.15, 0.2) is 21.5 Å². The van der Waals surface area contributed by atoms with Gasteiger partial charge in [0, 0.05) is 17.6 Å². The van der Waals surface area contributed by atoms with Crippen molar-refractivity contribution >= 4 is 26.0 Å². The molecule has 0 unspecified atom stereocenters. The van der Waals surface area contributed by atoms with Crippen molar-refractivity contribution in [1.29, 1.82) is 0 Å². The van der Waals surface area contributed by atoms with E-state index in [2.05, 4.69) is 31.1 Å². The summed E-state index contributed by atoms with van der Waals surface area (Å²) in [6.07, 6.45) is 0. The Hall–Kier alpha value is -1.39. The van der Waals surface area contributed by atoms with Crippen molar-refractivity contribution < 1.29 is 17.2 Å². The standard InChI is InChI=1S/C11H11BrF2N4O2S/c1-6-15-10(17-16-6)5-18(2)21(19,20)11-8(12)3-7(13)4-9(11)14/h3-4H,5H2,1-2H3,(H,15,16,17). The molecule has 6 nitrogen and oxygen atoms in total. The fourth-order valence-corrected chi connectivity index (χ4v) is 3.90. The molecule has 21 heavy (non-hydrogen) atoms. The molecule has 114 valence electrons. The van der Waals surface area contributed by atoms with Crippen molar-refractivity contribution in [3.05, 3.63) is 39.9 Å². The van der Waals surface area contributed by atoms with Gasteiger partial charge in [0.15, 0.2) is 5.82 Å². The van der Waals surface area contributed by atoms with Crippen LogP contribution in [-0.4, -0.2) is 35.0 Å². The van der Waals surface area contributed by atoms with Gasteiger partial charge in [0.05, 0.1) is 6.54 Å². The molecule has 1 aromatic heterocycles. The van der Waals surface area contributed by atoms with Gasteiger partial charge in [-0.3, -0.25) is 5.10 Å². The van der Waals surface area contributed by atoms with Crippen molar-refractivity contribution in [1.82, 2.24) is 19.5 Å². The number of benzene rings is 1. The SMILES string of the molecule is Cc1nc(CN(C)S(=O)(=O)c2c(F)cc(F)cc2Br)n[nH]1. The average Bonchev–Trinajstić information content (AvgIpc) is 2.72. The summed E-state index contributed by atoms with van der Waals surface area (Å²) in [6, 6.07) is 1.41. The summed E-state index contributed by atoms with van der Waals surface area (Å²) in [5.41, 5.74) is 0. The highest BCUT2D eigenvalue weighted by Crippen LogP contribution is 2.28. The summed E-state index contributed by atoms with van der Waals surface area (Å²) in [7, 11) is -2.89. The summed E-state index contributed by atoms with van der Waals surface area (Å²) in [5, 5.41) is 6.39. The van der Waals surface area contributed by atoms with E-state index in [1.54, 1.807) is 6.92 Å². The van der Waals surface area contributed by atoms with Crippen LogP contribution >= 0.6 is 15.9 Å². The minimum absolute atomic E-state index is 0.143. The maximum atomic E-state index is 13.8. The second-order valence-electron chi connectivity index (χ2n) is 4.30. The molecular formula is C11H11BrF2N4O2S. The van der Waals surface area contributed by atoms with Crippen LogP contribution < -0.4 is 0 Å². The zero-order valence-electron chi connectivity index (χ0n) is 11.1. The van der Waals surface area contributed by atoms with Crippen molar-refractivity contribution in [2.75, 3.05) is 7.05 Å². The van der Waals surface area contributed by atoms with Crippen LogP contribution in [0.5, 0.6) is 0 Å². The molecule has 0 aliphatic carbocycles. The number of sulfonamides is 1. The monoisotopic (exact) mass is 380 g/mol. The first-order chi connectivity index (χ1) is 9.71. The molecule has 2 aromatic rings. The average molecular weight is 381 g/mol. The summed E-state index contributed by atoms with van der Waals surface area (Å²) >= 11 is 2.87. The van der Waals surface area contributed by atoms with Crippen LogP contribution in [0.1, 0.15) is 11.6 Å². The van der Waals surface area contributed by atoms with E-state index in [1.165, 1.54) is 7.05 Å². The van der Waals surface area contributed by atoms with Crippen LogP contribution in [0, 0.1) is 18.6 Å². The molecular weight excluding hydrogens is 370 g/mol. The van der Waals surface area contributed by atoms with E-state index < -0.39 is 26.6 Å². The first kappa shape index (κ1) is 16.0. The molecule has 0 spiro atoms. The minimum atomic E-state index is -4.16. The Morgan fingerprint density at radius 1 is 1.38 bits per heavy atom. The second kappa shape index (κ2) is 5.78. The maximum absolute atomic E-state index is 13.8. The van der Waals surface area contributed by atoms with Gasteiger partial charge in [-0.1, -0.05) is 0 Å². The van der Waals surface area contributed by atoms with E-state index in [-0.39, 0.29) is 16.8 Å². The Kier molecular flexibility index (Phi) is 4.40. The number of nitrogens with one attached hydrogen (secondary N) is 1. The molecule has 0 atom stereocenters. The lowest BCUT2D eigenvalue weighted by Gasteiger charge is -2.17. The molecule has 1 heterocycles. The van der Waals surface area contributed by atoms with Crippen LogP contribution in [0.3, 0.4) is 0 Å². The van der Waals surface area contributed by atoms with Gasteiger partial charge in [-0.2, -0.15) is 9.40 Å². The highest BCUT2D eigenvalue weighted by molar-refractivity contribution is 9.10. The van der Waals surface area contributed by atoms with Gasteiger partial charge in [0.2, 0.25) is 10.0 Å². The highest BCUT2D eigenvalue weighted by atomic mass is 79.9. The van der Waals surface area contributed by atoms with Crippen LogP contribution in [-0.2, 0) is 16.6 Å². The van der Waals surface area contributed by atoms with Gasteiger partial charge in [0.1, 0.15) is 22.4 Å². The molecule has 0 aliphatic rings. The Labute approximate surface area is 128 Å². The molecule has 0 radical (unpaired) electrons. The molecule has 1 N–H and O–H groups in total. The van der Waals surface area contributed by atoms with E-state index in [0.29, 0.717) is 11.9 Å². The zero-order valence-corrected chi connectivity index (χ0v) is 13.5. The van der Waals surface area contributed by atoms with E-state index in [4.69, 9.17) is 0 Å². The Morgan fingerprint density at radius 2 is 2.05 bits per heavy atom. The van der Waals surface area contributed by atoms with Crippen LogP contribution in [0.2, 0.25) is 0 Å². The fraction of sp³-hybridized carbons (Fsp3) is 0.273.